The maximum atomic E-state index is 11.7. The Morgan fingerprint density at radius 1 is 1.17 bits per heavy atom. The number of carbonyl (C=O) groups is 4. The number of aliphatic hydroxyl groups is 1. The van der Waals surface area contributed by atoms with Gasteiger partial charge in [-0.05, 0) is 12.2 Å². The number of hydrogen-bond donors (Lipinski definition) is 4. The van der Waals surface area contributed by atoms with E-state index >= 15 is 0 Å². The van der Waals surface area contributed by atoms with Crippen LogP contribution in [0.2, 0.25) is 0 Å². The van der Waals surface area contributed by atoms with Crippen LogP contribution in [-0.2, 0) is 23.9 Å². The molecule has 9 nitrogen and oxygen atoms in total. The summed E-state index contributed by atoms with van der Waals surface area (Å²) in [4.78, 5) is 44.2. The lowest BCUT2D eigenvalue weighted by Gasteiger charge is -2.21. The Balaban J connectivity index is 4.68. The molecule has 0 saturated heterocycles. The predicted molar refractivity (Wildman–Crippen MR) is 79.5 cm³/mol. The largest absolute Gasteiger partial charge is 0.481 e. The van der Waals surface area contributed by atoms with Gasteiger partial charge in [0.1, 0.15) is 6.61 Å². The van der Waals surface area contributed by atoms with Crippen molar-refractivity contribution < 1.29 is 44.3 Å². The Morgan fingerprint density at radius 3 is 2.22 bits per heavy atom. The van der Waals surface area contributed by atoms with E-state index in [0.29, 0.717) is 5.75 Å². The summed E-state index contributed by atoms with van der Waals surface area (Å²) in [7, 11) is 0. The first kappa shape index (κ1) is 21.4. The van der Waals surface area contributed by atoms with Crippen molar-refractivity contribution in [3.8, 4) is 0 Å². The zero-order valence-corrected chi connectivity index (χ0v) is 13.4. The van der Waals surface area contributed by atoms with E-state index in [4.69, 9.17) is 20.1 Å². The molecular formula is C13H20O9S. The second-order valence-electron chi connectivity index (χ2n) is 4.73. The summed E-state index contributed by atoms with van der Waals surface area (Å²) in [5, 5.41) is 36.0. The number of Topliss-reactive ketones (excluding diaryl/α,β-unsaturated/α-hetero) is 1. The van der Waals surface area contributed by atoms with Gasteiger partial charge in [0, 0.05) is 5.75 Å². The van der Waals surface area contributed by atoms with E-state index in [1.165, 1.54) is 11.8 Å². The van der Waals surface area contributed by atoms with Gasteiger partial charge in [0.15, 0.2) is 6.10 Å². The van der Waals surface area contributed by atoms with Crippen molar-refractivity contribution in [2.45, 2.75) is 37.9 Å². The molecule has 2 unspecified atom stereocenters. The van der Waals surface area contributed by atoms with E-state index in [1.807, 2.05) is 6.92 Å². The molecule has 0 heterocycles. The molecule has 23 heavy (non-hydrogen) atoms. The third-order valence-corrected chi connectivity index (χ3v) is 3.94. The van der Waals surface area contributed by atoms with Gasteiger partial charge in [-0.3, -0.25) is 9.59 Å². The third kappa shape index (κ3) is 7.44. The normalized spacial score (nSPS) is 14.7. The summed E-state index contributed by atoms with van der Waals surface area (Å²) in [6, 6.07) is 0. The van der Waals surface area contributed by atoms with Crippen molar-refractivity contribution in [1.29, 1.82) is 0 Å². The molecule has 0 aliphatic rings. The number of hydrogen-bond acceptors (Lipinski definition) is 7. The van der Waals surface area contributed by atoms with E-state index in [-0.39, 0.29) is 5.75 Å². The highest BCUT2D eigenvalue weighted by Crippen LogP contribution is 2.15. The fourth-order valence-electron chi connectivity index (χ4n) is 1.44. The zero-order chi connectivity index (χ0) is 18.0. The second kappa shape index (κ2) is 10.2. The number of ether oxygens (including phenoxy) is 1. The number of aliphatic carboxylic acids is 3. The molecule has 2 atom stereocenters. The molecular weight excluding hydrogens is 332 g/mol. The third-order valence-electron chi connectivity index (χ3n) is 2.82. The Hall–Kier alpha value is -1.65. The Labute approximate surface area is 136 Å². The van der Waals surface area contributed by atoms with Crippen LogP contribution in [-0.4, -0.2) is 73.9 Å². The first-order valence-electron chi connectivity index (χ1n) is 6.78. The van der Waals surface area contributed by atoms with Crippen molar-refractivity contribution in [3.05, 3.63) is 0 Å². The fourth-order valence-corrected chi connectivity index (χ4v) is 2.55. The topological polar surface area (TPSA) is 158 Å². The van der Waals surface area contributed by atoms with Gasteiger partial charge in [-0.1, -0.05) is 13.3 Å². The quantitative estimate of drug-likeness (QED) is 0.259. The van der Waals surface area contributed by atoms with Crippen molar-refractivity contribution in [2.24, 2.45) is 0 Å². The van der Waals surface area contributed by atoms with Gasteiger partial charge in [0.05, 0.1) is 6.42 Å². The number of carbonyl (C=O) groups excluding carboxylic acids is 1. The summed E-state index contributed by atoms with van der Waals surface area (Å²) in [6.07, 6.45) is -0.880. The summed E-state index contributed by atoms with van der Waals surface area (Å²) >= 11 is 1.30. The highest BCUT2D eigenvalue weighted by Gasteiger charge is 2.46. The average Bonchev–Trinajstić information content (AvgIpc) is 2.44. The highest BCUT2D eigenvalue weighted by molar-refractivity contribution is 7.99. The van der Waals surface area contributed by atoms with Gasteiger partial charge in [0.2, 0.25) is 11.4 Å². The minimum Gasteiger partial charge on any atom is -0.481 e. The molecule has 132 valence electrons. The van der Waals surface area contributed by atoms with E-state index in [1.54, 1.807) is 0 Å². The molecule has 0 saturated carbocycles. The minimum atomic E-state index is -3.15. The van der Waals surface area contributed by atoms with Gasteiger partial charge in [-0.2, -0.15) is 11.8 Å². The van der Waals surface area contributed by atoms with Gasteiger partial charge in [-0.15, -0.1) is 0 Å². The molecule has 4 N–H and O–H groups in total. The van der Waals surface area contributed by atoms with Gasteiger partial charge >= 0.3 is 17.9 Å². The van der Waals surface area contributed by atoms with Gasteiger partial charge in [0.25, 0.3) is 0 Å². The first-order chi connectivity index (χ1) is 10.6. The van der Waals surface area contributed by atoms with Crippen LogP contribution >= 0.6 is 11.8 Å². The molecule has 0 aliphatic heterocycles. The maximum absolute atomic E-state index is 11.7. The smallest absolute Gasteiger partial charge is 0.344 e. The molecule has 0 aromatic heterocycles. The van der Waals surface area contributed by atoms with E-state index in [9.17, 15) is 24.3 Å². The van der Waals surface area contributed by atoms with Crippen LogP contribution in [0.3, 0.4) is 0 Å². The molecule has 0 aliphatic carbocycles. The molecule has 0 spiro atoms. The SMILES string of the molecule is CCCCSCC(OCC(=O)C(O)(CC(=O)O)C(=O)O)C(=O)O. The first-order valence-corrected chi connectivity index (χ1v) is 7.93. The van der Waals surface area contributed by atoms with Crippen molar-refractivity contribution >= 4 is 35.5 Å². The van der Waals surface area contributed by atoms with Crippen LogP contribution in [0, 0.1) is 0 Å². The van der Waals surface area contributed by atoms with E-state index in [2.05, 4.69) is 0 Å². The number of rotatable bonds is 13. The number of ketones is 1. The molecule has 0 aromatic carbocycles. The molecule has 10 heteroatoms. The number of carboxylic acid groups (broad SMARTS) is 3. The van der Waals surface area contributed by atoms with E-state index in [0.717, 1.165) is 12.8 Å². The molecule has 0 radical (unpaired) electrons. The monoisotopic (exact) mass is 352 g/mol. The standard InChI is InChI=1S/C13H20O9S/c1-2-3-4-23-7-8(11(17)18)22-6-9(14)13(21,12(19)20)5-10(15)16/h8,21H,2-7H2,1H3,(H,15,16)(H,17,18)(H,19,20). The number of unbranched alkanes of at least 4 members (excludes halogenated alkanes) is 1. The lowest BCUT2D eigenvalue weighted by molar-refractivity contribution is -0.174. The van der Waals surface area contributed by atoms with Crippen LogP contribution < -0.4 is 0 Å². The van der Waals surface area contributed by atoms with Gasteiger partial charge in [-0.25, -0.2) is 9.59 Å². The van der Waals surface area contributed by atoms with Crippen LogP contribution in [0.4, 0.5) is 0 Å². The second-order valence-corrected chi connectivity index (χ2v) is 5.88. The number of carboxylic acids is 3. The zero-order valence-electron chi connectivity index (χ0n) is 12.6. The van der Waals surface area contributed by atoms with Crippen LogP contribution in [0.25, 0.3) is 0 Å². The Kier molecular flexibility index (Phi) is 9.46. The fraction of sp³-hybridized carbons (Fsp3) is 0.692. The van der Waals surface area contributed by atoms with Crippen LogP contribution in [0.1, 0.15) is 26.2 Å². The van der Waals surface area contributed by atoms with Crippen LogP contribution in [0.15, 0.2) is 0 Å². The Bertz CT molecular complexity index is 451. The summed E-state index contributed by atoms with van der Waals surface area (Å²) in [5.74, 6) is -5.72. The molecule has 0 amide bonds. The molecule has 0 aromatic rings. The number of thioether (sulfide) groups is 1. The average molecular weight is 352 g/mol. The summed E-state index contributed by atoms with van der Waals surface area (Å²) in [5.41, 5.74) is -3.15. The van der Waals surface area contributed by atoms with E-state index < -0.39 is 48.4 Å². The molecule has 0 fully saturated rings. The minimum absolute atomic E-state index is 0.0487. The molecule has 0 bridgehead atoms. The highest BCUT2D eigenvalue weighted by atomic mass is 32.2. The van der Waals surface area contributed by atoms with Crippen molar-refractivity contribution in [3.63, 3.8) is 0 Å². The summed E-state index contributed by atoms with van der Waals surface area (Å²) < 4.78 is 4.84. The van der Waals surface area contributed by atoms with Crippen molar-refractivity contribution in [2.75, 3.05) is 18.1 Å². The summed E-state index contributed by atoms with van der Waals surface area (Å²) in [6.45, 7) is 0.959. The lowest BCUT2D eigenvalue weighted by atomic mass is 9.95. The van der Waals surface area contributed by atoms with Gasteiger partial charge < -0.3 is 25.2 Å². The lowest BCUT2D eigenvalue weighted by Crippen LogP contribution is -2.50. The predicted octanol–water partition coefficient (Wildman–Crippen LogP) is -0.151. The Morgan fingerprint density at radius 2 is 1.78 bits per heavy atom. The van der Waals surface area contributed by atoms with Crippen LogP contribution in [0.5, 0.6) is 0 Å². The molecule has 0 rings (SSSR count). The maximum Gasteiger partial charge on any atom is 0.344 e. The van der Waals surface area contributed by atoms with Crippen molar-refractivity contribution in [1.82, 2.24) is 0 Å².